The van der Waals surface area contributed by atoms with Gasteiger partial charge in [-0.2, -0.15) is 0 Å². The molecule has 1 N–H and O–H groups in total. The lowest BCUT2D eigenvalue weighted by Crippen LogP contribution is -2.15. The number of carbonyl (C=O) groups is 1. The monoisotopic (exact) mass is 481 g/mol. The van der Waals surface area contributed by atoms with Crippen LogP contribution in [0.5, 0.6) is 5.75 Å². The van der Waals surface area contributed by atoms with Crippen LogP contribution in [0.1, 0.15) is 11.4 Å². The number of anilines is 1. The Morgan fingerprint density at radius 1 is 1.26 bits per heavy atom. The molecule has 162 valence electrons. The summed E-state index contributed by atoms with van der Waals surface area (Å²) < 4.78 is 7.39. The zero-order chi connectivity index (χ0) is 22.5. The number of hydrogen-bond donors (Lipinski definition) is 1. The molecule has 31 heavy (non-hydrogen) atoms. The molecule has 9 nitrogen and oxygen atoms in total. The summed E-state index contributed by atoms with van der Waals surface area (Å²) in [6.45, 7) is 1.83. The Hall–Kier alpha value is -2.82. The van der Waals surface area contributed by atoms with E-state index in [2.05, 4.69) is 15.5 Å². The molecule has 3 rings (SSSR count). The lowest BCUT2D eigenvalue weighted by Gasteiger charge is -2.09. The zero-order valence-corrected chi connectivity index (χ0v) is 18.8. The van der Waals surface area contributed by atoms with E-state index in [4.69, 9.17) is 27.9 Å². The maximum absolute atomic E-state index is 12.3. The number of non-ortho nitro benzene ring substituents is 1. The first kappa shape index (κ1) is 22.9. The number of aryl methyl sites for hydroxylation is 1. The topological polar surface area (TPSA) is 112 Å². The number of ether oxygens (including phenoxy) is 1. The molecular weight excluding hydrogens is 465 g/mol. The first-order valence-corrected chi connectivity index (χ1v) is 10.6. The highest BCUT2D eigenvalue weighted by Crippen LogP contribution is 2.28. The highest BCUT2D eigenvalue weighted by atomic mass is 35.5. The van der Waals surface area contributed by atoms with Crippen LogP contribution in [0, 0.1) is 17.0 Å². The lowest BCUT2D eigenvalue weighted by molar-refractivity contribution is -0.384. The highest BCUT2D eigenvalue weighted by Gasteiger charge is 2.14. The lowest BCUT2D eigenvalue weighted by atomic mass is 10.2. The molecule has 0 aliphatic carbocycles. The molecule has 12 heteroatoms. The van der Waals surface area contributed by atoms with Gasteiger partial charge in [0.25, 0.3) is 5.69 Å². The van der Waals surface area contributed by atoms with Gasteiger partial charge in [-0.3, -0.25) is 14.9 Å². The fourth-order valence-corrected chi connectivity index (χ4v) is 3.74. The molecule has 0 aliphatic rings. The summed E-state index contributed by atoms with van der Waals surface area (Å²) in [6, 6.07) is 9.19. The maximum Gasteiger partial charge on any atom is 0.269 e. The Balaban J connectivity index is 1.56. The molecule has 0 atom stereocenters. The predicted octanol–water partition coefficient (Wildman–Crippen LogP) is 4.65. The van der Waals surface area contributed by atoms with Crippen molar-refractivity contribution < 1.29 is 14.5 Å². The third-order valence-corrected chi connectivity index (χ3v) is 5.75. The van der Waals surface area contributed by atoms with Crippen molar-refractivity contribution in [3.05, 3.63) is 67.9 Å². The number of carbonyl (C=O) groups excluding carboxylic acids is 1. The van der Waals surface area contributed by atoms with E-state index in [1.165, 1.54) is 30.0 Å². The van der Waals surface area contributed by atoms with Crippen LogP contribution in [0.15, 0.2) is 41.6 Å². The van der Waals surface area contributed by atoms with Gasteiger partial charge in [0.15, 0.2) is 11.0 Å². The number of rotatable bonds is 8. The fraction of sp³-hybridized carbons (Fsp3) is 0.211. The summed E-state index contributed by atoms with van der Waals surface area (Å²) in [7, 11) is 1.77. The standard InChI is InChI=1S/C19H17Cl2N5O4S/c1-11-7-13(26(28)29)4-5-15(11)22-18(27)10-31-19-24-23-17(25(19)2)9-30-16-6-3-12(20)8-14(16)21/h3-8H,9-10H2,1-2H3,(H,22,27). The second-order valence-corrected chi connectivity index (χ2v) is 8.20. The fourth-order valence-electron chi connectivity index (χ4n) is 2.55. The molecule has 1 aromatic heterocycles. The molecule has 3 aromatic rings. The Bertz CT molecular complexity index is 1140. The number of benzene rings is 2. The van der Waals surface area contributed by atoms with Gasteiger partial charge in [0.05, 0.1) is 15.7 Å². The summed E-state index contributed by atoms with van der Waals surface area (Å²) in [5.41, 5.74) is 1.09. The Kier molecular flexibility index (Phi) is 7.37. The van der Waals surface area contributed by atoms with Crippen LogP contribution in [0.4, 0.5) is 11.4 Å². The van der Waals surface area contributed by atoms with Gasteiger partial charge < -0.3 is 14.6 Å². The van der Waals surface area contributed by atoms with E-state index in [9.17, 15) is 14.9 Å². The van der Waals surface area contributed by atoms with Gasteiger partial charge in [-0.1, -0.05) is 35.0 Å². The molecule has 0 bridgehead atoms. The van der Waals surface area contributed by atoms with E-state index in [1.807, 2.05) is 0 Å². The SMILES string of the molecule is Cc1cc([N+](=O)[O-])ccc1NC(=O)CSc1nnc(COc2ccc(Cl)cc2Cl)n1C. The summed E-state index contributed by atoms with van der Waals surface area (Å²) >= 11 is 13.2. The molecule has 0 saturated carbocycles. The third kappa shape index (κ3) is 5.87. The van der Waals surface area contributed by atoms with Gasteiger partial charge in [0, 0.05) is 29.9 Å². The zero-order valence-electron chi connectivity index (χ0n) is 16.5. The van der Waals surface area contributed by atoms with E-state index in [1.54, 1.807) is 36.7 Å². The molecule has 0 fully saturated rings. The molecule has 0 radical (unpaired) electrons. The molecular formula is C19H17Cl2N5O4S. The van der Waals surface area contributed by atoms with Gasteiger partial charge in [-0.25, -0.2) is 0 Å². The van der Waals surface area contributed by atoms with Crippen LogP contribution in [0.3, 0.4) is 0 Å². The Morgan fingerprint density at radius 3 is 2.71 bits per heavy atom. The quantitative estimate of drug-likeness (QED) is 0.283. The number of thioether (sulfide) groups is 1. The van der Waals surface area contributed by atoms with Crippen LogP contribution in [0.25, 0.3) is 0 Å². The largest absolute Gasteiger partial charge is 0.484 e. The van der Waals surface area contributed by atoms with Gasteiger partial charge in [-0.15, -0.1) is 10.2 Å². The number of nitrogens with zero attached hydrogens (tertiary/aromatic N) is 4. The van der Waals surface area contributed by atoms with E-state index in [0.717, 1.165) is 0 Å². The van der Waals surface area contributed by atoms with Crippen LogP contribution in [-0.4, -0.2) is 31.3 Å². The molecule has 0 unspecified atom stereocenters. The highest BCUT2D eigenvalue weighted by molar-refractivity contribution is 7.99. The van der Waals surface area contributed by atoms with E-state index in [0.29, 0.717) is 38.0 Å². The normalized spacial score (nSPS) is 10.7. The van der Waals surface area contributed by atoms with Crippen molar-refractivity contribution in [1.29, 1.82) is 0 Å². The third-order valence-electron chi connectivity index (χ3n) is 4.20. The molecule has 0 spiro atoms. The summed E-state index contributed by atoms with van der Waals surface area (Å²) in [5.74, 6) is 0.851. The second kappa shape index (κ2) is 9.99. The van der Waals surface area contributed by atoms with Crippen molar-refractivity contribution in [2.24, 2.45) is 7.05 Å². The van der Waals surface area contributed by atoms with Crippen molar-refractivity contribution >= 4 is 52.2 Å². The van der Waals surface area contributed by atoms with Gasteiger partial charge in [0.2, 0.25) is 5.91 Å². The van der Waals surface area contributed by atoms with E-state index >= 15 is 0 Å². The van der Waals surface area contributed by atoms with Crippen molar-refractivity contribution in [1.82, 2.24) is 14.8 Å². The summed E-state index contributed by atoms with van der Waals surface area (Å²) in [6.07, 6.45) is 0. The minimum Gasteiger partial charge on any atom is -0.484 e. The minimum atomic E-state index is -0.481. The Labute approximate surface area is 191 Å². The molecule has 1 amide bonds. The second-order valence-electron chi connectivity index (χ2n) is 6.41. The summed E-state index contributed by atoms with van der Waals surface area (Å²) in [5, 5.41) is 23.2. The average molecular weight is 482 g/mol. The smallest absolute Gasteiger partial charge is 0.269 e. The number of halogens is 2. The van der Waals surface area contributed by atoms with E-state index in [-0.39, 0.29) is 24.0 Å². The van der Waals surface area contributed by atoms with Crippen molar-refractivity contribution in [3.8, 4) is 5.75 Å². The predicted molar refractivity (Wildman–Crippen MR) is 119 cm³/mol. The number of nitro groups is 1. The van der Waals surface area contributed by atoms with Crippen molar-refractivity contribution in [2.45, 2.75) is 18.7 Å². The first-order valence-electron chi connectivity index (χ1n) is 8.88. The maximum atomic E-state index is 12.3. The number of nitro benzene ring substituents is 1. The molecule has 2 aromatic carbocycles. The molecule has 0 aliphatic heterocycles. The van der Waals surface area contributed by atoms with Crippen LogP contribution < -0.4 is 10.1 Å². The van der Waals surface area contributed by atoms with Gasteiger partial charge in [0.1, 0.15) is 12.4 Å². The molecule has 0 saturated heterocycles. The number of amides is 1. The van der Waals surface area contributed by atoms with Crippen LogP contribution in [-0.2, 0) is 18.4 Å². The van der Waals surface area contributed by atoms with Gasteiger partial charge in [-0.05, 0) is 36.8 Å². The molecule has 1 heterocycles. The number of hydrogen-bond acceptors (Lipinski definition) is 7. The Morgan fingerprint density at radius 2 is 2.03 bits per heavy atom. The van der Waals surface area contributed by atoms with Gasteiger partial charge >= 0.3 is 0 Å². The van der Waals surface area contributed by atoms with Crippen molar-refractivity contribution in [3.63, 3.8) is 0 Å². The minimum absolute atomic E-state index is 0.0291. The number of nitrogens with one attached hydrogen (secondary N) is 1. The average Bonchev–Trinajstić information content (AvgIpc) is 3.06. The van der Waals surface area contributed by atoms with E-state index < -0.39 is 4.92 Å². The van der Waals surface area contributed by atoms with Crippen LogP contribution in [0.2, 0.25) is 10.0 Å². The van der Waals surface area contributed by atoms with Crippen LogP contribution >= 0.6 is 35.0 Å². The first-order chi connectivity index (χ1) is 14.7. The number of aromatic nitrogens is 3. The summed E-state index contributed by atoms with van der Waals surface area (Å²) in [4.78, 5) is 22.6. The van der Waals surface area contributed by atoms with Crippen molar-refractivity contribution in [2.75, 3.05) is 11.1 Å².